The maximum Gasteiger partial charge on any atom is 0.364 e. The van der Waals surface area contributed by atoms with Crippen molar-refractivity contribution in [1.29, 1.82) is 0 Å². The number of ether oxygens (including phenoxy) is 6. The summed E-state index contributed by atoms with van der Waals surface area (Å²) in [5.74, 6) is -6.37. The fourth-order valence-electron chi connectivity index (χ4n) is 5.88. The van der Waals surface area contributed by atoms with Gasteiger partial charge in [-0.3, -0.25) is 9.59 Å². The van der Waals surface area contributed by atoms with Crippen molar-refractivity contribution in [1.82, 2.24) is 10.6 Å². The van der Waals surface area contributed by atoms with Gasteiger partial charge in [0.15, 0.2) is 12.6 Å². The third-order valence-electron chi connectivity index (χ3n) is 8.25. The number of hydrogen-bond acceptors (Lipinski definition) is 19. The van der Waals surface area contributed by atoms with Gasteiger partial charge in [0.1, 0.15) is 67.1 Å². The largest absolute Gasteiger partial charge is 0.477 e. The highest BCUT2D eigenvalue weighted by Crippen LogP contribution is 2.38. The maximum atomic E-state index is 12.7. The van der Waals surface area contributed by atoms with E-state index in [9.17, 15) is 65.4 Å². The normalized spacial score (nSPS) is 41.0. The van der Waals surface area contributed by atoms with E-state index in [1.165, 1.54) is 0 Å². The zero-order valence-electron chi connectivity index (χ0n) is 26.6. The monoisotopic (exact) mass is 717 g/mol. The number of carbonyl (C=O) groups excluding carboxylic acids is 2. The summed E-state index contributed by atoms with van der Waals surface area (Å²) in [6.45, 7) is -0.677. The summed E-state index contributed by atoms with van der Waals surface area (Å²) in [5.41, 5.74) is 5.47. The van der Waals surface area contributed by atoms with Gasteiger partial charge in [0.2, 0.25) is 11.8 Å². The molecule has 0 bridgehead atoms. The van der Waals surface area contributed by atoms with E-state index in [1.807, 2.05) is 0 Å². The fraction of sp³-hybridized carbons (Fsp3) is 0.889. The van der Waals surface area contributed by atoms with E-state index in [1.54, 1.807) is 0 Å². The first-order chi connectivity index (χ1) is 23.0. The molecule has 22 nitrogen and oxygen atoms in total. The van der Waals surface area contributed by atoms with Gasteiger partial charge in [-0.25, -0.2) is 4.79 Å². The zero-order chi connectivity index (χ0) is 36.8. The highest BCUT2D eigenvalue weighted by atomic mass is 16.8. The number of carboxylic acids is 1. The highest BCUT2D eigenvalue weighted by molar-refractivity contribution is 5.76. The third-order valence-corrected chi connectivity index (χ3v) is 8.25. The van der Waals surface area contributed by atoms with Crippen molar-refractivity contribution >= 4 is 17.8 Å². The Bertz CT molecular complexity index is 1110. The molecule has 0 aromatic rings. The van der Waals surface area contributed by atoms with Crippen LogP contribution in [0.1, 0.15) is 20.3 Å². The van der Waals surface area contributed by atoms with Crippen LogP contribution in [-0.2, 0) is 42.8 Å². The van der Waals surface area contributed by atoms with Crippen LogP contribution in [-0.4, -0.2) is 199 Å². The molecule has 3 aliphatic heterocycles. The quantitative estimate of drug-likeness (QED) is 0.0748. The molecule has 2 amide bonds. The first-order valence-electron chi connectivity index (χ1n) is 15.4. The van der Waals surface area contributed by atoms with Crippen molar-refractivity contribution in [2.75, 3.05) is 33.0 Å². The SMILES string of the molecule is CC(=O)N[C@H]1[C@H](OCCN)O[C@H](CO)[C@@H](O[C@@H]2O[C@H](CO)[C@H](O)[C@H](O[C@]3(C(=O)O)C[C@H](O)[C@@H](NC(C)=O)[C@H]([C@H](O)[C@H](O)CO)O3)[C@H]2O)[C@@H]1O. The molecular formula is C27H47N3O19. The number of aliphatic hydroxyl groups is 9. The molecule has 3 heterocycles. The van der Waals surface area contributed by atoms with Crippen molar-refractivity contribution in [2.24, 2.45) is 5.73 Å². The van der Waals surface area contributed by atoms with E-state index in [0.29, 0.717) is 0 Å². The Morgan fingerprint density at radius 2 is 1.47 bits per heavy atom. The van der Waals surface area contributed by atoms with Crippen LogP contribution in [0, 0.1) is 0 Å². The lowest BCUT2D eigenvalue weighted by molar-refractivity contribution is -0.382. The van der Waals surface area contributed by atoms with Crippen LogP contribution in [0.25, 0.3) is 0 Å². The second-order valence-electron chi connectivity index (χ2n) is 11.9. The molecule has 49 heavy (non-hydrogen) atoms. The molecule has 0 unspecified atom stereocenters. The molecule has 0 saturated carbocycles. The van der Waals surface area contributed by atoms with Gasteiger partial charge in [-0.05, 0) is 0 Å². The average molecular weight is 718 g/mol. The number of nitrogens with two attached hydrogens (primary N) is 1. The Kier molecular flexibility index (Phi) is 15.0. The smallest absolute Gasteiger partial charge is 0.364 e. The molecule has 3 saturated heterocycles. The Hall–Kier alpha value is -2.23. The minimum Gasteiger partial charge on any atom is -0.477 e. The molecule has 0 aromatic heterocycles. The van der Waals surface area contributed by atoms with Crippen LogP contribution in [0.4, 0.5) is 0 Å². The lowest BCUT2D eigenvalue weighted by Crippen LogP contribution is -2.71. The van der Waals surface area contributed by atoms with Crippen molar-refractivity contribution in [3.05, 3.63) is 0 Å². The molecule has 22 heteroatoms. The Balaban J connectivity index is 1.95. The molecule has 0 radical (unpaired) electrons. The van der Waals surface area contributed by atoms with Gasteiger partial charge in [-0.1, -0.05) is 0 Å². The Morgan fingerprint density at radius 1 is 0.878 bits per heavy atom. The summed E-state index contributed by atoms with van der Waals surface area (Å²) in [6, 6.07) is -2.86. The number of carboxylic acid groups (broad SMARTS) is 1. The van der Waals surface area contributed by atoms with Crippen molar-refractivity contribution in [2.45, 2.75) is 118 Å². The minimum atomic E-state index is -3.03. The Labute approximate surface area is 279 Å². The lowest BCUT2D eigenvalue weighted by atomic mass is 9.88. The molecular weight excluding hydrogens is 670 g/mol. The topological polar surface area (TPSA) is 359 Å². The number of nitrogens with one attached hydrogen (secondary N) is 2. The Morgan fingerprint density at radius 3 is 2.00 bits per heavy atom. The predicted molar refractivity (Wildman–Crippen MR) is 154 cm³/mol. The van der Waals surface area contributed by atoms with Crippen molar-refractivity contribution in [3.63, 3.8) is 0 Å². The third kappa shape index (κ3) is 9.36. The van der Waals surface area contributed by atoms with Crippen LogP contribution >= 0.6 is 0 Å². The van der Waals surface area contributed by atoms with Gasteiger partial charge in [-0.2, -0.15) is 0 Å². The number of carbonyl (C=O) groups is 3. The first-order valence-corrected chi connectivity index (χ1v) is 15.4. The van der Waals surface area contributed by atoms with Gasteiger partial charge in [-0.15, -0.1) is 0 Å². The van der Waals surface area contributed by atoms with Crippen LogP contribution in [0.3, 0.4) is 0 Å². The van der Waals surface area contributed by atoms with Crippen LogP contribution in [0.5, 0.6) is 0 Å². The number of aliphatic hydroxyl groups excluding tert-OH is 9. The number of aliphatic carboxylic acids is 1. The van der Waals surface area contributed by atoms with E-state index in [-0.39, 0.29) is 13.2 Å². The van der Waals surface area contributed by atoms with Crippen molar-refractivity contribution < 1.29 is 93.9 Å². The lowest BCUT2D eigenvalue weighted by Gasteiger charge is -2.51. The molecule has 3 aliphatic rings. The van der Waals surface area contributed by atoms with E-state index >= 15 is 0 Å². The number of rotatable bonds is 15. The predicted octanol–water partition coefficient (Wildman–Crippen LogP) is -8.10. The van der Waals surface area contributed by atoms with Crippen LogP contribution in [0.2, 0.25) is 0 Å². The fourth-order valence-corrected chi connectivity index (χ4v) is 5.88. The van der Waals surface area contributed by atoms with Crippen molar-refractivity contribution in [3.8, 4) is 0 Å². The highest BCUT2D eigenvalue weighted by Gasteiger charge is 2.60. The molecule has 3 rings (SSSR count). The number of hydrogen-bond donors (Lipinski definition) is 13. The second-order valence-corrected chi connectivity index (χ2v) is 11.9. The first kappa shape index (κ1) is 41.2. The van der Waals surface area contributed by atoms with E-state index in [2.05, 4.69) is 10.6 Å². The van der Waals surface area contributed by atoms with Gasteiger partial charge in [0.05, 0.1) is 38.6 Å². The summed E-state index contributed by atoms with van der Waals surface area (Å²) in [7, 11) is 0. The van der Waals surface area contributed by atoms with Crippen LogP contribution < -0.4 is 16.4 Å². The second kappa shape index (κ2) is 17.8. The van der Waals surface area contributed by atoms with Gasteiger partial charge in [0, 0.05) is 26.8 Å². The van der Waals surface area contributed by atoms with E-state index in [0.717, 1.165) is 13.8 Å². The maximum absolute atomic E-state index is 12.7. The molecule has 0 aromatic carbocycles. The van der Waals surface area contributed by atoms with Crippen LogP contribution in [0.15, 0.2) is 0 Å². The zero-order valence-corrected chi connectivity index (χ0v) is 26.6. The summed E-state index contributed by atoms with van der Waals surface area (Å²) < 4.78 is 33.6. The molecule has 16 atom stereocenters. The summed E-state index contributed by atoms with van der Waals surface area (Å²) in [6.07, 6.45) is -24.9. The van der Waals surface area contributed by atoms with Gasteiger partial charge < -0.3 is 95.9 Å². The number of amides is 2. The summed E-state index contributed by atoms with van der Waals surface area (Å²) in [5, 5.41) is 110. The summed E-state index contributed by atoms with van der Waals surface area (Å²) >= 11 is 0. The van der Waals surface area contributed by atoms with E-state index in [4.69, 9.17) is 34.2 Å². The van der Waals surface area contributed by atoms with Gasteiger partial charge >= 0.3 is 5.97 Å². The van der Waals surface area contributed by atoms with Gasteiger partial charge in [0.25, 0.3) is 5.79 Å². The average Bonchev–Trinajstić information content (AvgIpc) is 3.05. The summed E-state index contributed by atoms with van der Waals surface area (Å²) in [4.78, 5) is 36.4. The molecule has 284 valence electrons. The molecule has 14 N–H and O–H groups in total. The standard InChI is InChI=1S/C27H47N3O19/c1-9(34)29-15-11(36)5-27(26(42)43,48-22(15)17(38)12(37)6-31)49-23-18(39)13(7-32)45-25(20(23)41)47-21-14(8-33)46-24(44-4-3-28)16(19(21)40)30-10(2)35/h11-25,31-33,36-41H,3-8,28H2,1-2H3,(H,29,34)(H,30,35)(H,42,43)/t11-,12+,13+,14+,15+,16+,17+,18-,19+,20+,21+,22+,23-,24+,25-,27-/m0/s1. The molecule has 0 aliphatic carbocycles. The van der Waals surface area contributed by atoms with E-state index < -0.39 is 142 Å². The minimum absolute atomic E-state index is 0.0367. The molecule has 3 fully saturated rings. The molecule has 0 spiro atoms.